The van der Waals surface area contributed by atoms with Crippen LogP contribution in [0.5, 0.6) is 0 Å². The van der Waals surface area contributed by atoms with Gasteiger partial charge in [0.25, 0.3) is 5.91 Å². The van der Waals surface area contributed by atoms with Gasteiger partial charge in [-0.05, 0) is 62.4 Å². The number of hydroxylamine groups is 1. The van der Waals surface area contributed by atoms with Crippen molar-refractivity contribution < 1.29 is 22.8 Å². The predicted molar refractivity (Wildman–Crippen MR) is 122 cm³/mol. The number of ketones is 1. The van der Waals surface area contributed by atoms with Crippen molar-refractivity contribution in [3.05, 3.63) is 53.6 Å². The number of hydrogen-bond acceptors (Lipinski definition) is 8. The van der Waals surface area contributed by atoms with Crippen molar-refractivity contribution >= 4 is 44.7 Å². The van der Waals surface area contributed by atoms with Crippen LogP contribution in [0.3, 0.4) is 0 Å². The van der Waals surface area contributed by atoms with E-state index in [9.17, 15) is 18.0 Å². The van der Waals surface area contributed by atoms with E-state index in [0.29, 0.717) is 10.7 Å². The zero-order chi connectivity index (χ0) is 24.2. The fraction of sp³-hybridized carbons (Fsp3) is 0.333. The number of nitrogens with zero attached hydrogens (tertiary/aromatic N) is 2. The van der Waals surface area contributed by atoms with Crippen molar-refractivity contribution in [1.82, 2.24) is 10.2 Å². The van der Waals surface area contributed by atoms with Gasteiger partial charge in [-0.25, -0.2) is 8.42 Å². The number of carbonyl (C=O) groups excluding carboxylic acids is 2. The summed E-state index contributed by atoms with van der Waals surface area (Å²) < 4.78 is 27.7. The SMILES string of the molecule is CC(=O)[C@H](N=Nc1ccc(S(=O)(=O)N[C@H]2ON[C@@H](C)[C@@H]2C)cc1)C(=O)Nc1ccc(Cl)cc1. The smallest absolute Gasteiger partial charge is 0.258 e. The Morgan fingerprint density at radius 1 is 1.09 bits per heavy atom. The molecule has 0 saturated carbocycles. The molecule has 10 nitrogen and oxygen atoms in total. The van der Waals surface area contributed by atoms with Crippen LogP contribution in [-0.2, 0) is 24.4 Å². The van der Waals surface area contributed by atoms with Gasteiger partial charge >= 0.3 is 0 Å². The largest absolute Gasteiger partial charge is 0.324 e. The lowest BCUT2D eigenvalue weighted by atomic mass is 10.1. The van der Waals surface area contributed by atoms with E-state index >= 15 is 0 Å². The average Bonchev–Trinajstić information content (AvgIpc) is 3.07. The second kappa shape index (κ2) is 10.5. The third-order valence-corrected chi connectivity index (χ3v) is 6.79. The highest BCUT2D eigenvalue weighted by molar-refractivity contribution is 7.89. The van der Waals surface area contributed by atoms with E-state index in [1.54, 1.807) is 24.3 Å². The van der Waals surface area contributed by atoms with Gasteiger partial charge in [0.05, 0.1) is 10.6 Å². The summed E-state index contributed by atoms with van der Waals surface area (Å²) in [5, 5.41) is 10.9. The highest BCUT2D eigenvalue weighted by Crippen LogP contribution is 2.22. The monoisotopic (exact) mass is 493 g/mol. The van der Waals surface area contributed by atoms with Crippen molar-refractivity contribution in [3.8, 4) is 0 Å². The number of azo groups is 1. The first-order chi connectivity index (χ1) is 15.6. The lowest BCUT2D eigenvalue weighted by Crippen LogP contribution is -2.38. The molecular formula is C21H24ClN5O5S. The number of amides is 1. The third-order valence-electron chi connectivity index (χ3n) is 5.10. The summed E-state index contributed by atoms with van der Waals surface area (Å²) in [6.45, 7) is 4.99. The van der Waals surface area contributed by atoms with E-state index in [2.05, 4.69) is 25.7 Å². The molecule has 1 amide bonds. The first kappa shape index (κ1) is 24.9. The molecule has 1 saturated heterocycles. The summed E-state index contributed by atoms with van der Waals surface area (Å²) in [5.41, 5.74) is 3.48. The van der Waals surface area contributed by atoms with Crippen LogP contribution in [0.1, 0.15) is 20.8 Å². The molecule has 4 atom stereocenters. The highest BCUT2D eigenvalue weighted by Gasteiger charge is 2.34. The predicted octanol–water partition coefficient (Wildman–Crippen LogP) is 3.18. The minimum atomic E-state index is -3.83. The number of carbonyl (C=O) groups is 2. The number of halogens is 1. The van der Waals surface area contributed by atoms with Gasteiger partial charge in [0.1, 0.15) is 6.23 Å². The van der Waals surface area contributed by atoms with Crippen LogP contribution < -0.4 is 15.5 Å². The fourth-order valence-electron chi connectivity index (χ4n) is 2.89. The molecule has 12 heteroatoms. The second-order valence-corrected chi connectivity index (χ2v) is 9.79. The molecule has 0 aromatic heterocycles. The molecule has 0 bridgehead atoms. The van der Waals surface area contributed by atoms with Crippen LogP contribution in [0.2, 0.25) is 5.02 Å². The zero-order valence-corrected chi connectivity index (χ0v) is 19.7. The van der Waals surface area contributed by atoms with Crippen molar-refractivity contribution in [3.63, 3.8) is 0 Å². The van der Waals surface area contributed by atoms with Crippen LogP contribution in [0.4, 0.5) is 11.4 Å². The maximum absolute atomic E-state index is 12.6. The molecule has 33 heavy (non-hydrogen) atoms. The van der Waals surface area contributed by atoms with Crippen molar-refractivity contribution in [2.24, 2.45) is 16.1 Å². The normalized spacial score (nSPS) is 21.8. The van der Waals surface area contributed by atoms with Gasteiger partial charge in [0, 0.05) is 22.7 Å². The summed E-state index contributed by atoms with van der Waals surface area (Å²) in [7, 11) is -3.83. The van der Waals surface area contributed by atoms with Crippen molar-refractivity contribution in [2.75, 3.05) is 5.32 Å². The van der Waals surface area contributed by atoms with E-state index < -0.39 is 34.0 Å². The molecule has 0 aliphatic carbocycles. The van der Waals surface area contributed by atoms with Crippen molar-refractivity contribution in [1.29, 1.82) is 0 Å². The maximum atomic E-state index is 12.6. The highest BCUT2D eigenvalue weighted by atomic mass is 35.5. The molecule has 1 aliphatic heterocycles. The first-order valence-corrected chi connectivity index (χ1v) is 11.9. The maximum Gasteiger partial charge on any atom is 0.258 e. The van der Waals surface area contributed by atoms with Gasteiger partial charge in [-0.1, -0.05) is 18.5 Å². The molecule has 3 rings (SSSR count). The van der Waals surface area contributed by atoms with Gasteiger partial charge in [-0.3, -0.25) is 14.4 Å². The molecule has 1 aliphatic rings. The quantitative estimate of drug-likeness (QED) is 0.381. The fourth-order valence-corrected chi connectivity index (χ4v) is 4.21. The van der Waals surface area contributed by atoms with E-state index in [1.165, 1.54) is 31.2 Å². The standard InChI is InChI=1S/C21H24ClN5O5S/c1-12-13(2)26-32-21(12)27-33(30,31)18-10-8-17(9-11-18)24-25-19(14(3)28)20(29)23-16-6-4-15(22)5-7-16/h4-13,19,21,26-27H,1-3H3,(H,23,29)/t12-,13-,19-,21-/m0/s1. The summed E-state index contributed by atoms with van der Waals surface area (Å²) >= 11 is 5.82. The van der Waals surface area contributed by atoms with Crippen LogP contribution >= 0.6 is 11.6 Å². The number of Topliss-reactive ketones (excluding diaryl/α,β-unsaturated/α-hetero) is 1. The second-order valence-electron chi connectivity index (χ2n) is 7.64. The Kier molecular flexibility index (Phi) is 7.92. The molecule has 0 spiro atoms. The summed E-state index contributed by atoms with van der Waals surface area (Å²) in [6, 6.07) is 10.6. The lowest BCUT2D eigenvalue weighted by Gasteiger charge is -2.16. The Morgan fingerprint density at radius 3 is 2.27 bits per heavy atom. The average molecular weight is 494 g/mol. The summed E-state index contributed by atoms with van der Waals surface area (Å²) in [6.07, 6.45) is -0.695. The minimum Gasteiger partial charge on any atom is -0.324 e. The third kappa shape index (κ3) is 6.42. The molecule has 0 radical (unpaired) electrons. The molecule has 176 valence electrons. The molecule has 2 aromatic carbocycles. The number of rotatable bonds is 8. The Hall–Kier alpha value is -2.70. The minimum absolute atomic E-state index is 0.00611. The summed E-state index contributed by atoms with van der Waals surface area (Å²) in [5.74, 6) is -1.21. The lowest BCUT2D eigenvalue weighted by molar-refractivity contribution is -0.126. The van der Waals surface area contributed by atoms with E-state index in [4.69, 9.17) is 16.4 Å². The van der Waals surface area contributed by atoms with Gasteiger partial charge in [0.15, 0.2) is 5.78 Å². The Morgan fingerprint density at radius 2 is 1.73 bits per heavy atom. The number of sulfonamides is 1. The van der Waals surface area contributed by atoms with Crippen LogP contribution in [0, 0.1) is 5.92 Å². The van der Waals surface area contributed by atoms with E-state index in [0.717, 1.165) is 0 Å². The first-order valence-electron chi connectivity index (χ1n) is 10.1. The number of hydrogen-bond donors (Lipinski definition) is 3. The summed E-state index contributed by atoms with van der Waals surface area (Å²) in [4.78, 5) is 29.6. The van der Waals surface area contributed by atoms with E-state index in [-0.39, 0.29) is 22.5 Å². The molecule has 2 aromatic rings. The number of nitrogens with one attached hydrogen (secondary N) is 3. The van der Waals surface area contributed by atoms with Crippen LogP contribution in [0.25, 0.3) is 0 Å². The molecule has 1 fully saturated rings. The Balaban J connectivity index is 1.67. The molecule has 1 heterocycles. The van der Waals surface area contributed by atoms with Crippen molar-refractivity contribution in [2.45, 2.75) is 44.0 Å². The number of benzene rings is 2. The molecular weight excluding hydrogens is 470 g/mol. The molecule has 3 N–H and O–H groups in total. The van der Waals surface area contributed by atoms with Gasteiger partial charge in [-0.15, -0.1) is 0 Å². The Bertz CT molecular complexity index is 1140. The topological polar surface area (TPSA) is 138 Å². The number of anilines is 1. The molecule has 0 unspecified atom stereocenters. The zero-order valence-electron chi connectivity index (χ0n) is 18.2. The van der Waals surface area contributed by atoms with Gasteiger partial charge in [-0.2, -0.15) is 20.4 Å². The van der Waals surface area contributed by atoms with Gasteiger partial charge in [0.2, 0.25) is 16.1 Å². The van der Waals surface area contributed by atoms with Gasteiger partial charge < -0.3 is 5.32 Å². The van der Waals surface area contributed by atoms with Crippen LogP contribution in [-0.4, -0.2) is 38.4 Å². The van der Waals surface area contributed by atoms with E-state index in [1.807, 2.05) is 13.8 Å². The van der Waals surface area contributed by atoms with Crippen LogP contribution in [0.15, 0.2) is 63.7 Å². The Labute approximate surface area is 196 Å².